The Morgan fingerprint density at radius 2 is 1.91 bits per heavy atom. The normalized spacial score (nSPS) is 11.1. The van der Waals surface area contributed by atoms with E-state index in [1.807, 2.05) is 50.2 Å². The summed E-state index contributed by atoms with van der Waals surface area (Å²) in [5.41, 5.74) is 9.25. The van der Waals surface area contributed by atoms with Crippen molar-refractivity contribution in [3.63, 3.8) is 0 Å². The Morgan fingerprint density at radius 1 is 1.09 bits per heavy atom. The number of imidazole rings is 1. The minimum atomic E-state index is 0.0691. The predicted octanol–water partition coefficient (Wildman–Crippen LogP) is 3.61. The summed E-state index contributed by atoms with van der Waals surface area (Å²) in [7, 11) is 1.63. The minimum absolute atomic E-state index is 0.0691. The highest BCUT2D eigenvalue weighted by atomic mass is 16.5. The summed E-state index contributed by atoms with van der Waals surface area (Å²) in [6.45, 7) is 3.96. The Kier molecular flexibility index (Phi) is 3.63. The van der Waals surface area contributed by atoms with E-state index in [1.54, 1.807) is 7.11 Å². The van der Waals surface area contributed by atoms with E-state index in [-0.39, 0.29) is 6.10 Å². The Labute approximate surface area is 129 Å². The molecule has 0 fully saturated rings. The number of H-pyrrole nitrogens is 1. The van der Waals surface area contributed by atoms with E-state index >= 15 is 0 Å². The Bertz CT molecular complexity index is 809. The first-order valence-electron chi connectivity index (χ1n) is 7.17. The maximum absolute atomic E-state index is 5.80. The summed E-state index contributed by atoms with van der Waals surface area (Å²) in [6.07, 6.45) is 0.0691. The first-order valence-corrected chi connectivity index (χ1v) is 7.17. The Balaban J connectivity index is 2.05. The molecule has 0 amide bonds. The van der Waals surface area contributed by atoms with Crippen LogP contribution in [0.1, 0.15) is 13.8 Å². The van der Waals surface area contributed by atoms with Crippen LogP contribution in [0.25, 0.3) is 22.4 Å². The molecule has 3 rings (SSSR count). The molecule has 5 heteroatoms. The van der Waals surface area contributed by atoms with Crippen molar-refractivity contribution in [3.8, 4) is 22.9 Å². The topological polar surface area (TPSA) is 73.2 Å². The molecule has 0 aliphatic carbocycles. The van der Waals surface area contributed by atoms with Crippen LogP contribution < -0.4 is 15.2 Å². The van der Waals surface area contributed by atoms with Gasteiger partial charge in [-0.15, -0.1) is 0 Å². The van der Waals surface area contributed by atoms with Crippen LogP contribution in [0, 0.1) is 0 Å². The van der Waals surface area contributed by atoms with E-state index in [9.17, 15) is 0 Å². The number of nitrogens with two attached hydrogens (primary N) is 1. The number of benzene rings is 2. The zero-order chi connectivity index (χ0) is 15.7. The van der Waals surface area contributed by atoms with Crippen molar-refractivity contribution >= 4 is 16.7 Å². The van der Waals surface area contributed by atoms with Crippen LogP contribution in [0.4, 0.5) is 5.69 Å². The van der Waals surface area contributed by atoms with Gasteiger partial charge in [0.05, 0.1) is 24.2 Å². The first-order chi connectivity index (χ1) is 10.6. The van der Waals surface area contributed by atoms with E-state index in [0.29, 0.717) is 17.2 Å². The molecule has 1 aromatic heterocycles. The fourth-order valence-corrected chi connectivity index (χ4v) is 2.33. The molecular weight excluding hydrogens is 278 g/mol. The van der Waals surface area contributed by atoms with Gasteiger partial charge in [0.2, 0.25) is 0 Å². The van der Waals surface area contributed by atoms with Crippen LogP contribution >= 0.6 is 0 Å². The van der Waals surface area contributed by atoms with Gasteiger partial charge in [-0.3, -0.25) is 0 Å². The van der Waals surface area contributed by atoms with Crippen LogP contribution in [0.5, 0.6) is 11.5 Å². The van der Waals surface area contributed by atoms with Gasteiger partial charge in [-0.2, -0.15) is 0 Å². The number of nitrogens with one attached hydrogen (secondary N) is 1. The van der Waals surface area contributed by atoms with Gasteiger partial charge in [-0.25, -0.2) is 4.98 Å². The van der Waals surface area contributed by atoms with Crippen molar-refractivity contribution in [2.24, 2.45) is 0 Å². The number of aromatic nitrogens is 2. The average Bonchev–Trinajstić information content (AvgIpc) is 2.89. The summed E-state index contributed by atoms with van der Waals surface area (Å²) in [5.74, 6) is 2.18. The molecule has 3 aromatic rings. The van der Waals surface area contributed by atoms with Crippen molar-refractivity contribution in [1.29, 1.82) is 0 Å². The van der Waals surface area contributed by atoms with E-state index in [0.717, 1.165) is 22.4 Å². The van der Waals surface area contributed by atoms with Gasteiger partial charge in [0.25, 0.3) is 0 Å². The van der Waals surface area contributed by atoms with Crippen molar-refractivity contribution < 1.29 is 9.47 Å². The maximum atomic E-state index is 5.80. The smallest absolute Gasteiger partial charge is 0.162 e. The van der Waals surface area contributed by atoms with Crippen molar-refractivity contribution in [3.05, 3.63) is 36.4 Å². The van der Waals surface area contributed by atoms with Gasteiger partial charge < -0.3 is 20.2 Å². The fraction of sp³-hybridized carbons (Fsp3) is 0.235. The van der Waals surface area contributed by atoms with Crippen molar-refractivity contribution in [2.75, 3.05) is 12.8 Å². The molecule has 2 aromatic carbocycles. The molecule has 22 heavy (non-hydrogen) atoms. The zero-order valence-corrected chi connectivity index (χ0v) is 12.9. The fourth-order valence-electron chi connectivity index (χ4n) is 2.33. The third kappa shape index (κ3) is 2.70. The second kappa shape index (κ2) is 5.60. The van der Waals surface area contributed by atoms with Crippen LogP contribution in [-0.4, -0.2) is 23.2 Å². The number of nitrogens with zero attached hydrogens (tertiary/aromatic N) is 1. The number of anilines is 1. The highest BCUT2D eigenvalue weighted by Crippen LogP contribution is 2.33. The largest absolute Gasteiger partial charge is 0.493 e. The van der Waals surface area contributed by atoms with Gasteiger partial charge in [0.15, 0.2) is 11.5 Å². The first kappa shape index (κ1) is 14.3. The number of nitrogen functional groups attached to an aromatic ring is 1. The number of fused-ring (bicyclic) bond motifs is 1. The third-order valence-electron chi connectivity index (χ3n) is 3.31. The molecule has 114 valence electrons. The van der Waals surface area contributed by atoms with Crippen LogP contribution in [0.15, 0.2) is 36.4 Å². The number of hydrogen-bond donors (Lipinski definition) is 2. The lowest BCUT2D eigenvalue weighted by atomic mass is 10.2. The van der Waals surface area contributed by atoms with Gasteiger partial charge >= 0.3 is 0 Å². The zero-order valence-electron chi connectivity index (χ0n) is 12.9. The van der Waals surface area contributed by atoms with Gasteiger partial charge in [-0.1, -0.05) is 0 Å². The van der Waals surface area contributed by atoms with Gasteiger partial charge in [-0.05, 0) is 50.2 Å². The molecule has 1 heterocycles. The molecule has 5 nitrogen and oxygen atoms in total. The molecule has 0 atom stereocenters. The number of hydrogen-bond acceptors (Lipinski definition) is 4. The lowest BCUT2D eigenvalue weighted by molar-refractivity contribution is 0.230. The molecule has 0 unspecified atom stereocenters. The summed E-state index contributed by atoms with van der Waals surface area (Å²) in [4.78, 5) is 7.88. The van der Waals surface area contributed by atoms with Crippen LogP contribution in [0.3, 0.4) is 0 Å². The standard InChI is InChI=1S/C17H19N3O2/c1-10(2)22-16-8-11(4-7-15(16)21-3)17-19-13-6-5-12(18)9-14(13)20-17/h4-10H,18H2,1-3H3,(H,19,20). The molecule has 0 spiro atoms. The SMILES string of the molecule is COc1ccc(-c2nc3ccc(N)cc3[nH]2)cc1OC(C)C. The van der Waals surface area contributed by atoms with E-state index in [4.69, 9.17) is 15.2 Å². The van der Waals surface area contributed by atoms with Gasteiger partial charge in [0.1, 0.15) is 5.82 Å². The molecule has 0 bridgehead atoms. The lowest BCUT2D eigenvalue weighted by Crippen LogP contribution is -2.06. The molecule has 3 N–H and O–H groups in total. The molecule has 0 radical (unpaired) electrons. The molecule has 0 aliphatic rings. The van der Waals surface area contributed by atoms with Gasteiger partial charge in [0, 0.05) is 11.3 Å². The Morgan fingerprint density at radius 3 is 2.64 bits per heavy atom. The number of aromatic amines is 1. The molecular formula is C17H19N3O2. The van der Waals surface area contributed by atoms with Crippen molar-refractivity contribution in [2.45, 2.75) is 20.0 Å². The molecule has 0 saturated carbocycles. The molecule has 0 saturated heterocycles. The summed E-state index contributed by atoms with van der Waals surface area (Å²) in [6, 6.07) is 11.4. The maximum Gasteiger partial charge on any atom is 0.162 e. The number of rotatable bonds is 4. The lowest BCUT2D eigenvalue weighted by Gasteiger charge is -2.14. The van der Waals surface area contributed by atoms with Crippen LogP contribution in [-0.2, 0) is 0 Å². The number of methoxy groups -OCH3 is 1. The second-order valence-corrected chi connectivity index (χ2v) is 5.39. The monoisotopic (exact) mass is 297 g/mol. The van der Waals surface area contributed by atoms with E-state index in [2.05, 4.69) is 9.97 Å². The summed E-state index contributed by atoms with van der Waals surface area (Å²) in [5, 5.41) is 0. The van der Waals surface area contributed by atoms with Crippen molar-refractivity contribution in [1.82, 2.24) is 9.97 Å². The molecule has 0 aliphatic heterocycles. The Hall–Kier alpha value is -2.69. The highest BCUT2D eigenvalue weighted by molar-refractivity contribution is 5.82. The van der Waals surface area contributed by atoms with E-state index in [1.165, 1.54) is 0 Å². The quantitative estimate of drug-likeness (QED) is 0.721. The minimum Gasteiger partial charge on any atom is -0.493 e. The van der Waals surface area contributed by atoms with E-state index < -0.39 is 0 Å². The predicted molar refractivity (Wildman–Crippen MR) is 88.3 cm³/mol. The number of ether oxygens (including phenoxy) is 2. The second-order valence-electron chi connectivity index (χ2n) is 5.39. The summed E-state index contributed by atoms with van der Waals surface area (Å²) < 4.78 is 11.1. The summed E-state index contributed by atoms with van der Waals surface area (Å²) >= 11 is 0. The highest BCUT2D eigenvalue weighted by Gasteiger charge is 2.11. The average molecular weight is 297 g/mol. The van der Waals surface area contributed by atoms with Crippen LogP contribution in [0.2, 0.25) is 0 Å². The third-order valence-corrected chi connectivity index (χ3v) is 3.31.